The van der Waals surface area contributed by atoms with E-state index in [-0.39, 0.29) is 5.97 Å². The number of esters is 1. The summed E-state index contributed by atoms with van der Waals surface area (Å²) in [6.07, 6.45) is 1.73. The van der Waals surface area contributed by atoms with E-state index in [2.05, 4.69) is 17.7 Å². The highest BCUT2D eigenvalue weighted by Gasteiger charge is 2.10. The summed E-state index contributed by atoms with van der Waals surface area (Å²) < 4.78 is 9.74. The van der Waals surface area contributed by atoms with Crippen molar-refractivity contribution in [3.63, 3.8) is 0 Å². The van der Waals surface area contributed by atoms with Gasteiger partial charge in [0.05, 0.1) is 30.9 Å². The summed E-state index contributed by atoms with van der Waals surface area (Å²) >= 11 is 0. The molecule has 1 aromatic carbocycles. The van der Waals surface area contributed by atoms with Crippen LogP contribution in [0.5, 0.6) is 0 Å². The molecule has 0 unspecified atom stereocenters. The Hall–Kier alpha value is -2.12. The predicted octanol–water partition coefficient (Wildman–Crippen LogP) is 3.20. The third-order valence-corrected chi connectivity index (χ3v) is 2.94. The van der Waals surface area contributed by atoms with Crippen LogP contribution < -0.4 is 0 Å². The minimum atomic E-state index is -0.366. The summed E-state index contributed by atoms with van der Waals surface area (Å²) in [5, 5.41) is 9.23. The Labute approximate surface area is 119 Å². The lowest BCUT2D eigenvalue weighted by atomic mass is 9.96. The van der Waals surface area contributed by atoms with Crippen LogP contribution in [0, 0.1) is 11.3 Å². The highest BCUT2D eigenvalue weighted by Crippen LogP contribution is 2.24. The van der Waals surface area contributed by atoms with E-state index in [4.69, 9.17) is 4.74 Å². The molecular weight excluding hydrogens is 254 g/mol. The molecule has 0 radical (unpaired) electrons. The molecular formula is C16H19NO3. The second-order valence-electron chi connectivity index (χ2n) is 4.32. The molecule has 4 heteroatoms. The first kappa shape index (κ1) is 15.9. The highest BCUT2D eigenvalue weighted by atomic mass is 16.5. The molecule has 0 aliphatic carbocycles. The van der Waals surface area contributed by atoms with Gasteiger partial charge in [-0.3, -0.25) is 0 Å². The Morgan fingerprint density at radius 1 is 1.20 bits per heavy atom. The van der Waals surface area contributed by atoms with E-state index in [1.807, 2.05) is 12.1 Å². The zero-order chi connectivity index (χ0) is 15.0. The van der Waals surface area contributed by atoms with Crippen LogP contribution in [0.2, 0.25) is 0 Å². The minimum Gasteiger partial charge on any atom is -0.465 e. The molecule has 20 heavy (non-hydrogen) atoms. The number of hydrogen-bond acceptors (Lipinski definition) is 4. The molecule has 0 spiro atoms. The van der Waals surface area contributed by atoms with Crippen molar-refractivity contribution in [3.8, 4) is 6.07 Å². The topological polar surface area (TPSA) is 59.3 Å². The van der Waals surface area contributed by atoms with Gasteiger partial charge in [-0.1, -0.05) is 25.5 Å². The summed E-state index contributed by atoms with van der Waals surface area (Å²) in [5.41, 5.74) is 3.03. The summed E-state index contributed by atoms with van der Waals surface area (Å²) in [6, 6.07) is 9.29. The van der Waals surface area contributed by atoms with Crippen molar-refractivity contribution in [1.29, 1.82) is 5.26 Å². The highest BCUT2D eigenvalue weighted by molar-refractivity contribution is 5.89. The van der Waals surface area contributed by atoms with E-state index in [1.165, 1.54) is 7.11 Å². The van der Waals surface area contributed by atoms with Gasteiger partial charge in [0.15, 0.2) is 0 Å². The maximum atomic E-state index is 11.4. The monoisotopic (exact) mass is 273 g/mol. The molecule has 4 nitrogen and oxygen atoms in total. The number of hydrogen-bond donors (Lipinski definition) is 0. The fraction of sp³-hybridized carbons (Fsp3) is 0.375. The third kappa shape index (κ3) is 3.94. The average Bonchev–Trinajstić information content (AvgIpc) is 2.50. The van der Waals surface area contributed by atoms with Crippen LogP contribution in [0.3, 0.4) is 0 Å². The zero-order valence-corrected chi connectivity index (χ0v) is 12.1. The van der Waals surface area contributed by atoms with Crippen molar-refractivity contribution in [2.24, 2.45) is 0 Å². The molecule has 0 amide bonds. The fourth-order valence-corrected chi connectivity index (χ4v) is 1.98. The molecule has 0 saturated carbocycles. The maximum Gasteiger partial charge on any atom is 0.337 e. The number of ether oxygens (including phenoxy) is 2. The van der Waals surface area contributed by atoms with Crippen LogP contribution in [-0.4, -0.2) is 26.8 Å². The van der Waals surface area contributed by atoms with Crippen molar-refractivity contribution in [2.75, 3.05) is 20.8 Å². The van der Waals surface area contributed by atoms with Gasteiger partial charge >= 0.3 is 5.97 Å². The number of nitriles is 1. The first-order valence-electron chi connectivity index (χ1n) is 6.47. The summed E-state index contributed by atoms with van der Waals surface area (Å²) in [4.78, 5) is 11.4. The van der Waals surface area contributed by atoms with Gasteiger partial charge in [-0.05, 0) is 29.7 Å². The maximum absolute atomic E-state index is 11.4. The standard InChI is InChI=1S/C16H19NO3/c1-4-5-15(14(10-17)11-19-2)12-6-8-13(9-7-12)16(18)20-3/h6-9H,4-5,11H2,1-3H3/b15-14+. The minimum absolute atomic E-state index is 0.296. The number of carbonyl (C=O) groups excluding carboxylic acids is 1. The van der Waals surface area contributed by atoms with Crippen LogP contribution >= 0.6 is 0 Å². The van der Waals surface area contributed by atoms with Gasteiger partial charge in [0.2, 0.25) is 0 Å². The van der Waals surface area contributed by atoms with Gasteiger partial charge in [-0.25, -0.2) is 4.79 Å². The van der Waals surface area contributed by atoms with Crippen molar-refractivity contribution in [3.05, 3.63) is 41.0 Å². The van der Waals surface area contributed by atoms with Crippen LogP contribution in [0.1, 0.15) is 35.7 Å². The van der Waals surface area contributed by atoms with Gasteiger partial charge in [0, 0.05) is 7.11 Å². The molecule has 1 rings (SSSR count). The summed E-state index contributed by atoms with van der Waals surface area (Å²) in [6.45, 7) is 2.36. The number of carbonyl (C=O) groups is 1. The van der Waals surface area contributed by atoms with Crippen LogP contribution in [0.25, 0.3) is 5.57 Å². The molecule has 0 aliphatic heterocycles. The average molecular weight is 273 g/mol. The summed E-state index contributed by atoms with van der Waals surface area (Å²) in [5.74, 6) is -0.366. The van der Waals surface area contributed by atoms with Gasteiger partial charge in [0.25, 0.3) is 0 Å². The van der Waals surface area contributed by atoms with Crippen molar-refractivity contribution < 1.29 is 14.3 Å². The molecule has 0 fully saturated rings. The van der Waals surface area contributed by atoms with E-state index < -0.39 is 0 Å². The largest absolute Gasteiger partial charge is 0.465 e. The molecule has 0 atom stereocenters. The normalized spacial score (nSPS) is 11.5. The van der Waals surface area contributed by atoms with Gasteiger partial charge in [0.1, 0.15) is 0 Å². The smallest absolute Gasteiger partial charge is 0.337 e. The molecule has 0 aromatic heterocycles. The molecule has 0 bridgehead atoms. The molecule has 0 N–H and O–H groups in total. The molecule has 0 heterocycles. The number of rotatable bonds is 6. The third-order valence-electron chi connectivity index (χ3n) is 2.94. The van der Waals surface area contributed by atoms with Crippen LogP contribution in [-0.2, 0) is 9.47 Å². The van der Waals surface area contributed by atoms with E-state index >= 15 is 0 Å². The van der Waals surface area contributed by atoms with Crippen LogP contribution in [0.4, 0.5) is 0 Å². The van der Waals surface area contributed by atoms with Crippen LogP contribution in [0.15, 0.2) is 29.8 Å². The molecule has 1 aromatic rings. The van der Waals surface area contributed by atoms with E-state index in [9.17, 15) is 10.1 Å². The van der Waals surface area contributed by atoms with E-state index in [0.29, 0.717) is 17.7 Å². The van der Waals surface area contributed by atoms with Gasteiger partial charge in [-0.2, -0.15) is 5.26 Å². The quantitative estimate of drug-likeness (QED) is 0.590. The van der Waals surface area contributed by atoms with Crippen molar-refractivity contribution in [2.45, 2.75) is 19.8 Å². The lowest BCUT2D eigenvalue weighted by Crippen LogP contribution is -2.02. The Morgan fingerprint density at radius 2 is 1.80 bits per heavy atom. The first-order valence-corrected chi connectivity index (χ1v) is 6.47. The van der Waals surface area contributed by atoms with E-state index in [0.717, 1.165) is 24.0 Å². The Morgan fingerprint density at radius 3 is 2.25 bits per heavy atom. The SMILES string of the molecule is CCC/C(=C(/C#N)COC)c1ccc(C(=O)OC)cc1. The number of methoxy groups -OCH3 is 2. The zero-order valence-electron chi connectivity index (χ0n) is 12.1. The van der Waals surface area contributed by atoms with Gasteiger partial charge in [-0.15, -0.1) is 0 Å². The lowest BCUT2D eigenvalue weighted by molar-refractivity contribution is 0.0600. The first-order chi connectivity index (χ1) is 9.67. The second kappa shape index (κ2) is 8.13. The second-order valence-corrected chi connectivity index (χ2v) is 4.32. The lowest BCUT2D eigenvalue weighted by Gasteiger charge is -2.10. The number of allylic oxidation sites excluding steroid dienone is 1. The van der Waals surface area contributed by atoms with Crippen molar-refractivity contribution >= 4 is 11.5 Å². The molecule has 0 aliphatic rings. The Balaban J connectivity index is 3.16. The molecule has 0 saturated heterocycles. The van der Waals surface area contributed by atoms with Crippen molar-refractivity contribution in [1.82, 2.24) is 0 Å². The Bertz CT molecular complexity index is 524. The molecule has 106 valence electrons. The fourth-order valence-electron chi connectivity index (χ4n) is 1.98. The number of benzene rings is 1. The van der Waals surface area contributed by atoms with E-state index in [1.54, 1.807) is 19.2 Å². The Kier molecular flexibility index (Phi) is 6.48. The van der Waals surface area contributed by atoms with Gasteiger partial charge < -0.3 is 9.47 Å². The number of nitrogens with zero attached hydrogens (tertiary/aromatic N) is 1. The summed E-state index contributed by atoms with van der Waals surface area (Å²) in [7, 11) is 2.92. The predicted molar refractivity (Wildman–Crippen MR) is 77.1 cm³/mol.